The molecular formula is C17H26IN5O. The lowest BCUT2D eigenvalue weighted by atomic mass is 10.2. The monoisotopic (exact) mass is 443 g/mol. The number of methoxy groups -OCH3 is 1. The molecule has 0 atom stereocenters. The number of hydrogen-bond acceptors (Lipinski definition) is 3. The molecule has 1 aromatic carbocycles. The summed E-state index contributed by atoms with van der Waals surface area (Å²) in [5.41, 5.74) is 1.15. The van der Waals surface area contributed by atoms with E-state index in [2.05, 4.69) is 27.6 Å². The standard InChI is InChI=1S/C17H25N5O.HI/c1-3-18-17(19-10-4-12-22-13-5-11-21-22)20-14-15-6-8-16(23-2)9-7-15;/h5-9,11,13H,3-4,10,12,14H2,1-2H3,(H2,18,19,20);1H. The average molecular weight is 443 g/mol. The molecule has 0 aliphatic rings. The number of nitrogens with one attached hydrogen (secondary N) is 2. The summed E-state index contributed by atoms with van der Waals surface area (Å²) in [4.78, 5) is 4.60. The fraction of sp³-hybridized carbons (Fsp3) is 0.412. The smallest absolute Gasteiger partial charge is 0.191 e. The van der Waals surface area contributed by atoms with Crippen molar-refractivity contribution in [2.45, 2.75) is 26.4 Å². The number of aromatic nitrogens is 2. The number of aliphatic imine (C=N–C) groups is 1. The van der Waals surface area contributed by atoms with E-state index in [1.807, 2.05) is 41.2 Å². The molecule has 7 heteroatoms. The second-order valence-corrected chi connectivity index (χ2v) is 5.09. The summed E-state index contributed by atoms with van der Waals surface area (Å²) in [7, 11) is 1.67. The number of nitrogens with zero attached hydrogens (tertiary/aromatic N) is 3. The van der Waals surface area contributed by atoms with Gasteiger partial charge in [0.25, 0.3) is 0 Å². The van der Waals surface area contributed by atoms with Crippen LogP contribution in [0.4, 0.5) is 0 Å². The first-order valence-electron chi connectivity index (χ1n) is 7.94. The second-order valence-electron chi connectivity index (χ2n) is 5.09. The third-order valence-corrected chi connectivity index (χ3v) is 3.34. The van der Waals surface area contributed by atoms with Gasteiger partial charge in [-0.1, -0.05) is 12.1 Å². The van der Waals surface area contributed by atoms with E-state index < -0.39 is 0 Å². The highest BCUT2D eigenvalue weighted by atomic mass is 127. The zero-order chi connectivity index (χ0) is 16.3. The van der Waals surface area contributed by atoms with E-state index in [0.717, 1.165) is 43.3 Å². The zero-order valence-electron chi connectivity index (χ0n) is 14.2. The Balaban J connectivity index is 0.00000288. The maximum Gasteiger partial charge on any atom is 0.191 e. The molecule has 1 aromatic heterocycles. The van der Waals surface area contributed by atoms with Crippen LogP contribution in [0.5, 0.6) is 5.75 Å². The van der Waals surface area contributed by atoms with Gasteiger partial charge in [-0.2, -0.15) is 5.10 Å². The number of halogens is 1. The van der Waals surface area contributed by atoms with Gasteiger partial charge in [-0.25, -0.2) is 4.99 Å². The van der Waals surface area contributed by atoms with Crippen molar-refractivity contribution in [3.63, 3.8) is 0 Å². The van der Waals surface area contributed by atoms with E-state index in [4.69, 9.17) is 4.74 Å². The van der Waals surface area contributed by atoms with E-state index in [1.165, 1.54) is 0 Å². The zero-order valence-corrected chi connectivity index (χ0v) is 16.6. The molecule has 1 heterocycles. The van der Waals surface area contributed by atoms with Gasteiger partial charge in [-0.15, -0.1) is 24.0 Å². The van der Waals surface area contributed by atoms with Gasteiger partial charge < -0.3 is 15.4 Å². The Bertz CT molecular complexity index is 584. The molecule has 24 heavy (non-hydrogen) atoms. The van der Waals surface area contributed by atoms with Crippen LogP contribution < -0.4 is 15.4 Å². The summed E-state index contributed by atoms with van der Waals surface area (Å²) in [6, 6.07) is 9.91. The Morgan fingerprint density at radius 1 is 1.25 bits per heavy atom. The molecule has 132 valence electrons. The van der Waals surface area contributed by atoms with E-state index in [9.17, 15) is 0 Å². The Morgan fingerprint density at radius 2 is 2.04 bits per heavy atom. The van der Waals surface area contributed by atoms with Crippen LogP contribution >= 0.6 is 24.0 Å². The van der Waals surface area contributed by atoms with Crippen molar-refractivity contribution in [3.05, 3.63) is 48.3 Å². The number of rotatable bonds is 8. The summed E-state index contributed by atoms with van der Waals surface area (Å²) >= 11 is 0. The van der Waals surface area contributed by atoms with Gasteiger partial charge in [0, 0.05) is 32.0 Å². The Hall–Kier alpha value is -1.77. The first-order valence-corrected chi connectivity index (χ1v) is 7.94. The van der Waals surface area contributed by atoms with Crippen LogP contribution in [0.2, 0.25) is 0 Å². The molecule has 0 saturated carbocycles. The third kappa shape index (κ3) is 7.20. The topological polar surface area (TPSA) is 63.5 Å². The van der Waals surface area contributed by atoms with E-state index in [0.29, 0.717) is 6.54 Å². The number of guanidine groups is 1. The SMILES string of the molecule is CCNC(=NCc1ccc(OC)cc1)NCCCn1cccn1.I. The highest BCUT2D eigenvalue weighted by Crippen LogP contribution is 2.11. The molecule has 0 aliphatic carbocycles. The molecule has 0 unspecified atom stereocenters. The molecule has 0 bridgehead atoms. The van der Waals surface area contributed by atoms with Gasteiger partial charge in [0.1, 0.15) is 5.75 Å². The number of benzene rings is 1. The van der Waals surface area contributed by atoms with Crippen LogP contribution in [0.25, 0.3) is 0 Å². The number of aryl methyl sites for hydroxylation is 1. The van der Waals surface area contributed by atoms with Gasteiger partial charge in [0.2, 0.25) is 0 Å². The van der Waals surface area contributed by atoms with Crippen LogP contribution in [-0.4, -0.2) is 35.9 Å². The molecule has 0 amide bonds. The van der Waals surface area contributed by atoms with Crippen LogP contribution in [0, 0.1) is 0 Å². The Kier molecular flexibility index (Phi) is 9.90. The minimum atomic E-state index is 0. The maximum absolute atomic E-state index is 5.16. The minimum absolute atomic E-state index is 0. The fourth-order valence-electron chi connectivity index (χ4n) is 2.12. The summed E-state index contributed by atoms with van der Waals surface area (Å²) in [6.45, 7) is 5.30. The molecule has 2 aromatic rings. The van der Waals surface area contributed by atoms with Crippen molar-refractivity contribution in [2.24, 2.45) is 4.99 Å². The normalized spacial score (nSPS) is 10.8. The molecule has 2 N–H and O–H groups in total. The molecule has 0 fully saturated rings. The van der Waals surface area contributed by atoms with Crippen molar-refractivity contribution in [3.8, 4) is 5.75 Å². The fourth-order valence-corrected chi connectivity index (χ4v) is 2.12. The quantitative estimate of drug-likeness (QED) is 0.285. The number of hydrogen-bond donors (Lipinski definition) is 2. The molecule has 0 aliphatic heterocycles. The maximum atomic E-state index is 5.16. The van der Waals surface area contributed by atoms with Crippen molar-refractivity contribution < 1.29 is 4.74 Å². The lowest BCUT2D eigenvalue weighted by Gasteiger charge is -2.11. The molecule has 6 nitrogen and oxygen atoms in total. The summed E-state index contributed by atoms with van der Waals surface area (Å²) in [6.07, 6.45) is 4.77. The molecule has 0 radical (unpaired) electrons. The summed E-state index contributed by atoms with van der Waals surface area (Å²) < 4.78 is 7.10. The second kappa shape index (κ2) is 11.7. The largest absolute Gasteiger partial charge is 0.497 e. The lowest BCUT2D eigenvalue weighted by Crippen LogP contribution is -2.38. The van der Waals surface area contributed by atoms with E-state index in [1.54, 1.807) is 13.3 Å². The van der Waals surface area contributed by atoms with Crippen molar-refractivity contribution in [1.29, 1.82) is 0 Å². The Labute approximate surface area is 160 Å². The molecule has 2 rings (SSSR count). The summed E-state index contributed by atoms with van der Waals surface area (Å²) in [5.74, 6) is 1.70. The van der Waals surface area contributed by atoms with Gasteiger partial charge in [-0.05, 0) is 37.1 Å². The van der Waals surface area contributed by atoms with Gasteiger partial charge in [0.15, 0.2) is 5.96 Å². The minimum Gasteiger partial charge on any atom is -0.497 e. The highest BCUT2D eigenvalue weighted by Gasteiger charge is 1.98. The van der Waals surface area contributed by atoms with Crippen LogP contribution in [0.1, 0.15) is 18.9 Å². The van der Waals surface area contributed by atoms with Crippen molar-refractivity contribution in [2.75, 3.05) is 20.2 Å². The Morgan fingerprint density at radius 3 is 2.67 bits per heavy atom. The highest BCUT2D eigenvalue weighted by molar-refractivity contribution is 14.0. The van der Waals surface area contributed by atoms with Crippen LogP contribution in [0.3, 0.4) is 0 Å². The third-order valence-electron chi connectivity index (χ3n) is 3.34. The predicted molar refractivity (Wildman–Crippen MR) is 108 cm³/mol. The lowest BCUT2D eigenvalue weighted by molar-refractivity contribution is 0.414. The van der Waals surface area contributed by atoms with Crippen molar-refractivity contribution >= 4 is 29.9 Å². The van der Waals surface area contributed by atoms with Crippen LogP contribution in [0.15, 0.2) is 47.7 Å². The van der Waals surface area contributed by atoms with Crippen LogP contribution in [-0.2, 0) is 13.1 Å². The van der Waals surface area contributed by atoms with E-state index >= 15 is 0 Å². The molecule has 0 saturated heterocycles. The molecule has 0 spiro atoms. The predicted octanol–water partition coefficient (Wildman–Crippen LogP) is 2.66. The summed E-state index contributed by atoms with van der Waals surface area (Å²) in [5, 5.41) is 10.8. The first kappa shape index (κ1) is 20.3. The average Bonchev–Trinajstić information content (AvgIpc) is 3.10. The first-order chi connectivity index (χ1) is 11.3. The number of ether oxygens (including phenoxy) is 1. The van der Waals surface area contributed by atoms with Gasteiger partial charge >= 0.3 is 0 Å². The van der Waals surface area contributed by atoms with Gasteiger partial charge in [-0.3, -0.25) is 4.68 Å². The van der Waals surface area contributed by atoms with Crippen molar-refractivity contribution in [1.82, 2.24) is 20.4 Å². The van der Waals surface area contributed by atoms with E-state index in [-0.39, 0.29) is 24.0 Å². The molecular weight excluding hydrogens is 417 g/mol. The van der Waals surface area contributed by atoms with Gasteiger partial charge in [0.05, 0.1) is 13.7 Å².